The second-order valence-electron chi connectivity index (χ2n) is 3.30. The highest BCUT2D eigenvalue weighted by Crippen LogP contribution is 2.29. The van der Waals surface area contributed by atoms with Gasteiger partial charge in [0.15, 0.2) is 0 Å². The minimum atomic E-state index is -0.920. The zero-order valence-electron chi connectivity index (χ0n) is 8.48. The van der Waals surface area contributed by atoms with E-state index in [0.717, 1.165) is 12.8 Å². The fourth-order valence-electron chi connectivity index (χ4n) is 1.56. The summed E-state index contributed by atoms with van der Waals surface area (Å²) in [6.07, 6.45) is 3.75. The predicted molar refractivity (Wildman–Crippen MR) is 41.4 cm³/mol. The first-order valence-corrected chi connectivity index (χ1v) is 4.05. The minimum absolute atomic E-state index is 0.172. The fourth-order valence-corrected chi connectivity index (χ4v) is 1.56. The molecule has 9 heavy (non-hydrogen) atoms. The van der Waals surface area contributed by atoms with Crippen LogP contribution in [0.5, 0.6) is 0 Å². The lowest BCUT2D eigenvalue weighted by Crippen LogP contribution is -1.98. The Balaban J connectivity index is 2.55. The third-order valence-corrected chi connectivity index (χ3v) is 1.92. The van der Waals surface area contributed by atoms with Gasteiger partial charge in [0.05, 0.1) is 0 Å². The van der Waals surface area contributed by atoms with E-state index < -0.39 is 6.37 Å². The summed E-state index contributed by atoms with van der Waals surface area (Å²) in [5.74, 6) is 0.507. The van der Waals surface area contributed by atoms with Crippen LogP contribution in [0.2, 0.25) is 0 Å². The van der Waals surface area contributed by atoms with Crippen molar-refractivity contribution in [3.05, 3.63) is 0 Å². The molecule has 1 fully saturated rings. The molecule has 0 spiro atoms. The molecule has 0 aromatic rings. The van der Waals surface area contributed by atoms with Crippen LogP contribution in [-0.4, -0.2) is 0 Å². The molecule has 0 heterocycles. The molecule has 54 valence electrons. The number of hydrogen-bond acceptors (Lipinski definition) is 0. The Morgan fingerprint density at radius 1 is 1.44 bits per heavy atom. The van der Waals surface area contributed by atoms with Crippen LogP contribution in [0.25, 0.3) is 0 Å². The highest BCUT2D eigenvalue weighted by atomic mass is 14.2. The molecule has 1 saturated carbocycles. The van der Waals surface area contributed by atoms with E-state index in [1.165, 1.54) is 12.8 Å². The zero-order chi connectivity index (χ0) is 8.48. The lowest BCUT2D eigenvalue weighted by atomic mass is 9.96. The second-order valence-corrected chi connectivity index (χ2v) is 3.30. The summed E-state index contributed by atoms with van der Waals surface area (Å²) in [6, 6.07) is 0. The van der Waals surface area contributed by atoms with Gasteiger partial charge in [-0.1, -0.05) is 39.5 Å². The molecule has 0 bridgehead atoms. The van der Waals surface area contributed by atoms with Crippen molar-refractivity contribution in [3.63, 3.8) is 0 Å². The smallest absolute Gasteiger partial charge is 0.0272 e. The monoisotopic (exact) mass is 130 g/mol. The van der Waals surface area contributed by atoms with Crippen LogP contribution in [0.4, 0.5) is 0 Å². The van der Waals surface area contributed by atoms with Crippen molar-refractivity contribution in [2.24, 2.45) is 11.8 Å². The first kappa shape index (κ1) is 4.76. The summed E-state index contributed by atoms with van der Waals surface area (Å²) in [7, 11) is 0. The third kappa shape index (κ3) is 2.38. The molecule has 0 N–H and O–H groups in total. The van der Waals surface area contributed by atoms with E-state index in [-0.39, 0.29) is 5.92 Å². The van der Waals surface area contributed by atoms with E-state index in [2.05, 4.69) is 0 Å². The predicted octanol–water partition coefficient (Wildman–Crippen LogP) is 3.22. The highest BCUT2D eigenvalue weighted by molar-refractivity contribution is 4.67. The van der Waals surface area contributed by atoms with Gasteiger partial charge < -0.3 is 0 Å². The fraction of sp³-hybridized carbons (Fsp3) is 1.00. The zero-order valence-corrected chi connectivity index (χ0v) is 6.48. The molecule has 0 aromatic heterocycles. The molecule has 0 unspecified atom stereocenters. The highest BCUT2D eigenvalue weighted by Gasteiger charge is 2.15. The van der Waals surface area contributed by atoms with Crippen LogP contribution < -0.4 is 0 Å². The van der Waals surface area contributed by atoms with Crippen molar-refractivity contribution >= 4 is 0 Å². The topological polar surface area (TPSA) is 0 Å². The third-order valence-electron chi connectivity index (χ3n) is 1.92. The average molecular weight is 130 g/mol. The van der Waals surface area contributed by atoms with E-state index in [9.17, 15) is 0 Å². The van der Waals surface area contributed by atoms with Crippen molar-refractivity contribution in [2.45, 2.75) is 45.9 Å². The van der Waals surface area contributed by atoms with E-state index in [4.69, 9.17) is 2.74 Å². The van der Waals surface area contributed by atoms with Gasteiger partial charge in [0, 0.05) is 2.74 Å². The number of rotatable bonds is 2. The maximum absolute atomic E-state index is 7.84. The van der Waals surface area contributed by atoms with Gasteiger partial charge in [-0.2, -0.15) is 0 Å². The summed E-state index contributed by atoms with van der Waals surface area (Å²) in [4.78, 5) is 0. The van der Waals surface area contributed by atoms with E-state index in [0.29, 0.717) is 5.92 Å². The Labute approximate surface area is 61.5 Å². The first-order valence-electron chi connectivity index (χ1n) is 5.05. The van der Waals surface area contributed by atoms with E-state index >= 15 is 0 Å². The van der Waals surface area contributed by atoms with E-state index in [1.54, 1.807) is 0 Å². The van der Waals surface area contributed by atoms with Gasteiger partial charge in [0.2, 0.25) is 0 Å². The lowest BCUT2D eigenvalue weighted by molar-refractivity contribution is 0.419. The molecule has 0 aromatic carbocycles. The largest absolute Gasteiger partial charge is 0.0628 e. The van der Waals surface area contributed by atoms with Crippen LogP contribution in [0, 0.1) is 11.8 Å². The van der Waals surface area contributed by atoms with Crippen molar-refractivity contribution in [3.8, 4) is 0 Å². The summed E-state index contributed by atoms with van der Waals surface area (Å²) < 4.78 is 15.7. The number of hydrogen-bond donors (Lipinski definition) is 0. The van der Waals surface area contributed by atoms with Crippen LogP contribution in [0.1, 0.15) is 48.6 Å². The minimum Gasteiger partial charge on any atom is -0.0628 e. The summed E-state index contributed by atoms with van der Waals surface area (Å²) >= 11 is 0. The van der Waals surface area contributed by atoms with Gasteiger partial charge in [0.25, 0.3) is 0 Å². The van der Waals surface area contributed by atoms with Crippen molar-refractivity contribution in [2.75, 3.05) is 0 Å². The SMILES string of the molecule is [3H]C([3H])(C(C)C)C1CCCC1. The Morgan fingerprint density at radius 3 is 2.44 bits per heavy atom. The summed E-state index contributed by atoms with van der Waals surface area (Å²) in [5, 5.41) is 0. The Morgan fingerprint density at radius 2 is 2.00 bits per heavy atom. The molecule has 0 amide bonds. The quantitative estimate of drug-likeness (QED) is 0.538. The Kier molecular flexibility index (Phi) is 1.71. The van der Waals surface area contributed by atoms with Gasteiger partial charge in [-0.15, -0.1) is 0 Å². The Hall–Kier alpha value is 0. The van der Waals surface area contributed by atoms with Crippen LogP contribution in [0.3, 0.4) is 0 Å². The molecule has 1 rings (SSSR count). The molecule has 0 nitrogen and oxygen atoms in total. The molecular formula is C9H18. The molecule has 0 atom stereocenters. The maximum Gasteiger partial charge on any atom is 0.0272 e. The Bertz CT molecular complexity index is 124. The maximum atomic E-state index is 7.84. The average Bonchev–Trinajstić information content (AvgIpc) is 2.37. The first-order chi connectivity index (χ1) is 5.05. The van der Waals surface area contributed by atoms with Crippen molar-refractivity contribution < 1.29 is 2.74 Å². The van der Waals surface area contributed by atoms with Gasteiger partial charge in [-0.25, -0.2) is 0 Å². The van der Waals surface area contributed by atoms with Crippen LogP contribution in [-0.2, 0) is 0 Å². The molecule has 0 radical (unpaired) electrons. The normalized spacial score (nSPS) is 26.6. The van der Waals surface area contributed by atoms with E-state index in [1.807, 2.05) is 13.8 Å². The van der Waals surface area contributed by atoms with Gasteiger partial charge in [-0.3, -0.25) is 0 Å². The van der Waals surface area contributed by atoms with Gasteiger partial charge in [0.1, 0.15) is 0 Å². The molecule has 1 aliphatic carbocycles. The van der Waals surface area contributed by atoms with Crippen molar-refractivity contribution in [1.82, 2.24) is 0 Å². The van der Waals surface area contributed by atoms with Gasteiger partial charge in [-0.05, 0) is 18.2 Å². The molecule has 0 aliphatic heterocycles. The van der Waals surface area contributed by atoms with Crippen molar-refractivity contribution in [1.29, 1.82) is 0 Å². The standard InChI is InChI=1S/C9H18/c1-8(2)7-9-5-3-4-6-9/h8-9H,3-7H2,1-2H3/i7T2. The van der Waals surface area contributed by atoms with Crippen LogP contribution >= 0.6 is 0 Å². The summed E-state index contributed by atoms with van der Waals surface area (Å²) in [6.45, 7) is 3.97. The summed E-state index contributed by atoms with van der Waals surface area (Å²) in [5.41, 5.74) is 0. The second kappa shape index (κ2) is 3.24. The molecule has 0 heteroatoms. The lowest BCUT2D eigenvalue weighted by Gasteiger charge is -2.10. The molecule has 1 aliphatic rings. The molecular weight excluding hydrogens is 108 g/mol. The van der Waals surface area contributed by atoms with Crippen LogP contribution in [0.15, 0.2) is 0 Å². The molecule has 0 saturated heterocycles. The van der Waals surface area contributed by atoms with Gasteiger partial charge >= 0.3 is 0 Å².